The fourth-order valence-corrected chi connectivity index (χ4v) is 3.52. The minimum atomic E-state index is -0.652. The fraction of sp³-hybridized carbons (Fsp3) is 0.500. The molecule has 23 heavy (non-hydrogen) atoms. The summed E-state index contributed by atoms with van der Waals surface area (Å²) in [6.07, 6.45) is 5.44. The lowest BCUT2D eigenvalue weighted by molar-refractivity contribution is -0.117. The molecule has 1 aromatic rings. The maximum absolute atomic E-state index is 13.8. The number of fused-ring (bicyclic) bond motifs is 1. The van der Waals surface area contributed by atoms with Gasteiger partial charge in [0.25, 0.3) is 0 Å². The third-order valence-corrected chi connectivity index (χ3v) is 4.69. The summed E-state index contributed by atoms with van der Waals surface area (Å²) in [4.78, 5) is 23.5. The van der Waals surface area contributed by atoms with Crippen molar-refractivity contribution in [3.8, 4) is 0 Å². The van der Waals surface area contributed by atoms with Gasteiger partial charge in [0.15, 0.2) is 0 Å². The van der Waals surface area contributed by atoms with Crippen LogP contribution in [0.4, 0.5) is 10.1 Å². The number of carbonyl (C=O) groups is 2. The van der Waals surface area contributed by atoms with Gasteiger partial charge >= 0.3 is 0 Å². The first-order valence-corrected chi connectivity index (χ1v) is 7.71. The Morgan fingerprint density at radius 1 is 1.26 bits per heavy atom. The van der Waals surface area contributed by atoms with Gasteiger partial charge in [-0.2, -0.15) is 0 Å². The van der Waals surface area contributed by atoms with E-state index < -0.39 is 11.7 Å². The van der Waals surface area contributed by atoms with Gasteiger partial charge in [-0.05, 0) is 43.4 Å². The lowest BCUT2D eigenvalue weighted by Crippen LogP contribution is -2.40. The summed E-state index contributed by atoms with van der Waals surface area (Å²) in [6.45, 7) is 0. The zero-order valence-electron chi connectivity index (χ0n) is 12.7. The van der Waals surface area contributed by atoms with E-state index in [4.69, 9.17) is 5.73 Å². The molecular formula is C16H21ClFN3O2. The minimum absolute atomic E-state index is 0. The summed E-state index contributed by atoms with van der Waals surface area (Å²) < 4.78 is 13.8. The summed E-state index contributed by atoms with van der Waals surface area (Å²) in [6, 6.07) is 3.81. The zero-order valence-corrected chi connectivity index (χ0v) is 13.5. The SMILES string of the molecule is Cl.NC(=O)c1ccc(F)c(NC(=O)C2CC3CCCCC3N2)c1. The molecule has 4 N–H and O–H groups in total. The van der Waals surface area contributed by atoms with Crippen LogP contribution in [0.2, 0.25) is 0 Å². The van der Waals surface area contributed by atoms with Crippen molar-refractivity contribution < 1.29 is 14.0 Å². The predicted octanol–water partition coefficient (Wildman–Crippen LogP) is 2.21. The lowest BCUT2D eigenvalue weighted by Gasteiger charge is -2.24. The molecule has 1 heterocycles. The van der Waals surface area contributed by atoms with Crippen LogP contribution in [0.1, 0.15) is 42.5 Å². The van der Waals surface area contributed by atoms with E-state index in [9.17, 15) is 14.0 Å². The van der Waals surface area contributed by atoms with Crippen LogP contribution in [-0.4, -0.2) is 23.9 Å². The van der Waals surface area contributed by atoms with Crippen molar-refractivity contribution in [2.75, 3.05) is 5.32 Å². The Bertz CT molecular complexity index is 597. The van der Waals surface area contributed by atoms with Gasteiger partial charge in [-0.1, -0.05) is 12.8 Å². The van der Waals surface area contributed by atoms with Gasteiger partial charge in [0, 0.05) is 11.6 Å². The molecule has 0 bridgehead atoms. The summed E-state index contributed by atoms with van der Waals surface area (Å²) in [5.41, 5.74) is 5.35. The second-order valence-electron chi connectivity index (χ2n) is 6.15. The highest BCUT2D eigenvalue weighted by Gasteiger charge is 2.38. The molecule has 1 aliphatic carbocycles. The molecule has 7 heteroatoms. The molecule has 2 amide bonds. The molecule has 2 fully saturated rings. The van der Waals surface area contributed by atoms with E-state index in [1.807, 2.05) is 0 Å². The Morgan fingerprint density at radius 2 is 2.00 bits per heavy atom. The highest BCUT2D eigenvalue weighted by atomic mass is 35.5. The van der Waals surface area contributed by atoms with E-state index in [1.165, 1.54) is 25.0 Å². The van der Waals surface area contributed by atoms with Crippen molar-refractivity contribution in [1.29, 1.82) is 0 Å². The molecule has 1 saturated heterocycles. The van der Waals surface area contributed by atoms with Crippen LogP contribution in [0.15, 0.2) is 18.2 Å². The van der Waals surface area contributed by atoms with Crippen molar-refractivity contribution in [1.82, 2.24) is 5.32 Å². The third kappa shape index (κ3) is 3.82. The van der Waals surface area contributed by atoms with Gasteiger partial charge in [-0.3, -0.25) is 9.59 Å². The molecule has 5 nitrogen and oxygen atoms in total. The number of nitrogens with two attached hydrogens (primary N) is 1. The molecule has 3 rings (SSSR count). The van der Waals surface area contributed by atoms with Crippen LogP contribution < -0.4 is 16.4 Å². The van der Waals surface area contributed by atoms with Crippen molar-refractivity contribution in [3.05, 3.63) is 29.6 Å². The first-order chi connectivity index (χ1) is 10.5. The Balaban J connectivity index is 0.00000192. The smallest absolute Gasteiger partial charge is 0.248 e. The monoisotopic (exact) mass is 341 g/mol. The quantitative estimate of drug-likeness (QED) is 0.788. The van der Waals surface area contributed by atoms with E-state index in [1.54, 1.807) is 0 Å². The van der Waals surface area contributed by atoms with Crippen LogP contribution in [0.25, 0.3) is 0 Å². The molecule has 126 valence electrons. The number of hydrogen-bond acceptors (Lipinski definition) is 3. The number of primary amides is 1. The molecule has 1 aromatic carbocycles. The van der Waals surface area contributed by atoms with E-state index in [0.717, 1.165) is 25.3 Å². The molecule has 1 aliphatic heterocycles. The van der Waals surface area contributed by atoms with Crippen LogP contribution in [0, 0.1) is 11.7 Å². The van der Waals surface area contributed by atoms with Gasteiger partial charge in [-0.15, -0.1) is 12.4 Å². The van der Waals surface area contributed by atoms with Crippen molar-refractivity contribution >= 4 is 29.9 Å². The number of nitrogens with one attached hydrogen (secondary N) is 2. The molecule has 0 aromatic heterocycles. The maximum atomic E-state index is 13.8. The fourth-order valence-electron chi connectivity index (χ4n) is 3.52. The van der Waals surface area contributed by atoms with Crippen molar-refractivity contribution in [2.24, 2.45) is 11.7 Å². The molecule has 3 unspecified atom stereocenters. The van der Waals surface area contributed by atoms with Gasteiger partial charge < -0.3 is 16.4 Å². The highest BCUT2D eigenvalue weighted by molar-refractivity contribution is 5.98. The minimum Gasteiger partial charge on any atom is -0.366 e. The molecule has 3 atom stereocenters. The first kappa shape index (κ1) is 17.7. The summed E-state index contributed by atoms with van der Waals surface area (Å²) in [5, 5.41) is 5.92. The average molecular weight is 342 g/mol. The van der Waals surface area contributed by atoms with E-state index in [-0.39, 0.29) is 35.6 Å². The van der Waals surface area contributed by atoms with E-state index in [2.05, 4.69) is 10.6 Å². The van der Waals surface area contributed by atoms with Crippen LogP contribution in [0.3, 0.4) is 0 Å². The number of halogens is 2. The van der Waals surface area contributed by atoms with Gasteiger partial charge in [0.2, 0.25) is 11.8 Å². The summed E-state index contributed by atoms with van der Waals surface area (Å²) in [5.74, 6) is -0.949. The first-order valence-electron chi connectivity index (χ1n) is 7.71. The van der Waals surface area contributed by atoms with E-state index >= 15 is 0 Å². The average Bonchev–Trinajstić information content (AvgIpc) is 2.93. The standard InChI is InChI=1S/C16H20FN3O2.ClH/c17-11-6-5-10(15(18)21)8-13(11)20-16(22)14-7-9-3-1-2-4-12(9)19-14;/h5-6,8-9,12,14,19H,1-4,7H2,(H2,18,21)(H,20,22);1H. The largest absolute Gasteiger partial charge is 0.366 e. The topological polar surface area (TPSA) is 84.2 Å². The molecule has 1 saturated carbocycles. The summed E-state index contributed by atoms with van der Waals surface area (Å²) >= 11 is 0. The lowest BCUT2D eigenvalue weighted by atomic mass is 9.85. The number of benzene rings is 1. The number of amides is 2. The molecule has 0 spiro atoms. The Kier molecular flexibility index (Phi) is 5.59. The van der Waals surface area contributed by atoms with Crippen molar-refractivity contribution in [2.45, 2.75) is 44.2 Å². The maximum Gasteiger partial charge on any atom is 0.248 e. The van der Waals surface area contributed by atoms with Gasteiger partial charge in [-0.25, -0.2) is 4.39 Å². The van der Waals surface area contributed by atoms with Crippen LogP contribution in [0.5, 0.6) is 0 Å². The van der Waals surface area contributed by atoms with E-state index in [0.29, 0.717) is 12.0 Å². The van der Waals surface area contributed by atoms with Crippen molar-refractivity contribution in [3.63, 3.8) is 0 Å². The number of carbonyl (C=O) groups excluding carboxylic acids is 2. The zero-order chi connectivity index (χ0) is 15.7. The number of rotatable bonds is 3. The molecule has 0 radical (unpaired) electrons. The Morgan fingerprint density at radius 3 is 2.70 bits per heavy atom. The number of hydrogen-bond donors (Lipinski definition) is 3. The molecular weight excluding hydrogens is 321 g/mol. The van der Waals surface area contributed by atoms with Crippen LogP contribution >= 0.6 is 12.4 Å². The Hall–Kier alpha value is -1.66. The van der Waals surface area contributed by atoms with Gasteiger partial charge in [0.05, 0.1) is 11.7 Å². The second kappa shape index (κ2) is 7.27. The third-order valence-electron chi connectivity index (χ3n) is 4.69. The predicted molar refractivity (Wildman–Crippen MR) is 88.1 cm³/mol. The van der Waals surface area contributed by atoms with Crippen LogP contribution in [-0.2, 0) is 4.79 Å². The van der Waals surface area contributed by atoms with Gasteiger partial charge in [0.1, 0.15) is 5.82 Å². The second-order valence-corrected chi connectivity index (χ2v) is 6.15. The Labute approximate surface area is 140 Å². The highest BCUT2D eigenvalue weighted by Crippen LogP contribution is 2.33. The number of anilines is 1. The normalized spacial score (nSPS) is 26.0. The molecule has 2 aliphatic rings. The summed E-state index contributed by atoms with van der Waals surface area (Å²) in [7, 11) is 0.